The Morgan fingerprint density at radius 2 is 2.44 bits per heavy atom. The summed E-state index contributed by atoms with van der Waals surface area (Å²) in [5, 5.41) is 0. The van der Waals surface area contributed by atoms with E-state index in [0.29, 0.717) is 6.42 Å². The molecule has 0 saturated heterocycles. The number of allylic oxidation sites excluding steroid dienone is 1. The van der Waals surface area contributed by atoms with E-state index in [1.807, 2.05) is 0 Å². The van der Waals surface area contributed by atoms with Crippen LogP contribution in [0.2, 0.25) is 0 Å². The van der Waals surface area contributed by atoms with Crippen LogP contribution < -0.4 is 0 Å². The zero-order valence-corrected chi connectivity index (χ0v) is 6.57. The molecule has 0 N–H and O–H groups in total. The van der Waals surface area contributed by atoms with E-state index in [1.54, 1.807) is 6.08 Å². The van der Waals surface area contributed by atoms with Gasteiger partial charge in [0.15, 0.2) is 0 Å². The topological polar surface area (TPSA) is 17.1 Å². The lowest BCUT2D eigenvalue weighted by atomic mass is 10.3. The molecule has 0 aromatic carbocycles. The molecule has 0 spiro atoms. The first-order valence-electron chi connectivity index (χ1n) is 2.56. The molecule has 0 saturated carbocycles. The monoisotopic (exact) mass is 186 g/mol. The van der Waals surface area contributed by atoms with E-state index in [4.69, 9.17) is 0 Å². The van der Waals surface area contributed by atoms with Crippen molar-refractivity contribution in [3.8, 4) is 11.8 Å². The van der Waals surface area contributed by atoms with E-state index in [0.717, 1.165) is 6.42 Å². The minimum Gasteiger partial charge on any atom is -0.272 e. The summed E-state index contributed by atoms with van der Waals surface area (Å²) < 4.78 is -0.258. The van der Waals surface area contributed by atoms with Crippen LogP contribution in [0.15, 0.2) is 12.7 Å². The number of unbranched alkanes of at least 4 members (excludes halogenated alkanes) is 1. The predicted octanol–water partition coefficient (Wildman–Crippen LogP) is 1.88. The molecule has 0 atom stereocenters. The zero-order valence-electron chi connectivity index (χ0n) is 4.98. The van der Waals surface area contributed by atoms with Crippen molar-refractivity contribution in [2.75, 3.05) is 0 Å². The molecule has 0 radical (unpaired) electrons. The molecular formula is C7H7BrO. The van der Waals surface area contributed by atoms with E-state index in [1.165, 1.54) is 0 Å². The van der Waals surface area contributed by atoms with Gasteiger partial charge in [-0.3, -0.25) is 4.79 Å². The molecule has 0 fully saturated rings. The van der Waals surface area contributed by atoms with Crippen LogP contribution in [0.3, 0.4) is 0 Å². The first-order valence-corrected chi connectivity index (χ1v) is 3.36. The molecule has 0 unspecified atom stereocenters. The van der Waals surface area contributed by atoms with Crippen molar-refractivity contribution >= 4 is 20.6 Å². The van der Waals surface area contributed by atoms with E-state index < -0.39 is 0 Å². The predicted molar refractivity (Wildman–Crippen MR) is 41.1 cm³/mol. The second kappa shape index (κ2) is 5.58. The van der Waals surface area contributed by atoms with Crippen LogP contribution in [0.25, 0.3) is 0 Å². The fourth-order valence-electron chi connectivity index (χ4n) is 0.306. The lowest BCUT2D eigenvalue weighted by Gasteiger charge is -1.76. The van der Waals surface area contributed by atoms with Crippen LogP contribution in [0, 0.1) is 11.8 Å². The third-order valence-electron chi connectivity index (χ3n) is 0.660. The number of hydrogen-bond donors (Lipinski definition) is 0. The average Bonchev–Trinajstić information content (AvgIpc) is 1.80. The average molecular weight is 187 g/mol. The summed E-state index contributed by atoms with van der Waals surface area (Å²) in [6.45, 7) is 3.51. The van der Waals surface area contributed by atoms with Gasteiger partial charge in [0.1, 0.15) is 0 Å². The SMILES string of the molecule is C=CCCC#CC(=O)Br. The quantitative estimate of drug-likeness (QED) is 0.279. The number of carbonyl (C=O) groups is 1. The number of hydrogen-bond acceptors (Lipinski definition) is 1. The smallest absolute Gasteiger partial charge is 0.270 e. The highest BCUT2D eigenvalue weighted by Crippen LogP contribution is 1.86. The van der Waals surface area contributed by atoms with Crippen molar-refractivity contribution in [3.05, 3.63) is 12.7 Å². The minimum atomic E-state index is -0.258. The van der Waals surface area contributed by atoms with Crippen LogP contribution in [0.5, 0.6) is 0 Å². The Labute approximate surface area is 63.3 Å². The van der Waals surface area contributed by atoms with Gasteiger partial charge in [0, 0.05) is 22.4 Å². The fraction of sp³-hybridized carbons (Fsp3) is 0.286. The van der Waals surface area contributed by atoms with E-state index in [9.17, 15) is 4.79 Å². The van der Waals surface area contributed by atoms with Crippen molar-refractivity contribution in [1.29, 1.82) is 0 Å². The Hall–Kier alpha value is -0.550. The molecular weight excluding hydrogens is 180 g/mol. The van der Waals surface area contributed by atoms with Gasteiger partial charge in [-0.05, 0) is 12.3 Å². The molecule has 0 amide bonds. The van der Waals surface area contributed by atoms with Gasteiger partial charge in [-0.2, -0.15) is 0 Å². The molecule has 0 aliphatic rings. The van der Waals surface area contributed by atoms with Crippen molar-refractivity contribution in [2.45, 2.75) is 12.8 Å². The standard InChI is InChI=1S/C7H7BrO/c1-2-3-4-5-6-7(8)9/h2H,1,3-4H2. The lowest BCUT2D eigenvalue weighted by molar-refractivity contribution is -0.105. The zero-order chi connectivity index (χ0) is 7.11. The summed E-state index contributed by atoms with van der Waals surface area (Å²) in [7, 11) is 0. The third-order valence-corrected chi connectivity index (χ3v) is 0.858. The molecule has 0 aliphatic heterocycles. The summed E-state index contributed by atoms with van der Waals surface area (Å²) in [5.74, 6) is 5.03. The molecule has 0 bridgehead atoms. The van der Waals surface area contributed by atoms with Crippen molar-refractivity contribution in [2.24, 2.45) is 0 Å². The van der Waals surface area contributed by atoms with Crippen LogP contribution in [0.1, 0.15) is 12.8 Å². The molecule has 0 aromatic heterocycles. The lowest BCUT2D eigenvalue weighted by Crippen LogP contribution is -1.73. The summed E-state index contributed by atoms with van der Waals surface area (Å²) >= 11 is 2.69. The molecule has 2 heteroatoms. The fourth-order valence-corrected chi connectivity index (χ4v) is 0.446. The highest BCUT2D eigenvalue weighted by Gasteiger charge is 1.79. The largest absolute Gasteiger partial charge is 0.272 e. The van der Waals surface area contributed by atoms with Crippen molar-refractivity contribution in [1.82, 2.24) is 0 Å². The van der Waals surface area contributed by atoms with Gasteiger partial charge in [0.2, 0.25) is 0 Å². The van der Waals surface area contributed by atoms with E-state index in [-0.39, 0.29) is 4.69 Å². The van der Waals surface area contributed by atoms with Crippen molar-refractivity contribution < 1.29 is 4.79 Å². The molecule has 48 valence electrons. The minimum absolute atomic E-state index is 0.258. The highest BCUT2D eigenvalue weighted by molar-refractivity contribution is 9.18. The maximum atomic E-state index is 10.1. The van der Waals surface area contributed by atoms with Gasteiger partial charge in [-0.15, -0.1) is 6.58 Å². The van der Waals surface area contributed by atoms with Gasteiger partial charge >= 0.3 is 0 Å². The van der Waals surface area contributed by atoms with E-state index >= 15 is 0 Å². The summed E-state index contributed by atoms with van der Waals surface area (Å²) in [6, 6.07) is 0. The Morgan fingerprint density at radius 1 is 1.78 bits per heavy atom. The molecule has 0 heterocycles. The first kappa shape index (κ1) is 8.45. The molecule has 1 nitrogen and oxygen atoms in total. The molecule has 0 rings (SSSR count). The second-order valence-corrected chi connectivity index (χ2v) is 2.12. The summed E-state index contributed by atoms with van der Waals surface area (Å²) in [5.41, 5.74) is 0. The summed E-state index contributed by atoms with van der Waals surface area (Å²) in [4.78, 5) is 10.1. The molecule has 0 aromatic rings. The second-order valence-electron chi connectivity index (χ2n) is 1.40. The number of rotatable bonds is 2. The van der Waals surface area contributed by atoms with Crippen LogP contribution in [-0.4, -0.2) is 4.69 Å². The number of carbonyl (C=O) groups excluding carboxylic acids is 1. The normalized spacial score (nSPS) is 7.22. The third kappa shape index (κ3) is 7.45. The highest BCUT2D eigenvalue weighted by atomic mass is 79.9. The van der Waals surface area contributed by atoms with Gasteiger partial charge in [-0.1, -0.05) is 12.0 Å². The Bertz CT molecular complexity index is 161. The van der Waals surface area contributed by atoms with Crippen LogP contribution in [-0.2, 0) is 4.79 Å². The van der Waals surface area contributed by atoms with Gasteiger partial charge in [-0.25, -0.2) is 0 Å². The van der Waals surface area contributed by atoms with Crippen molar-refractivity contribution in [3.63, 3.8) is 0 Å². The summed E-state index contributed by atoms with van der Waals surface area (Å²) in [6.07, 6.45) is 3.32. The van der Waals surface area contributed by atoms with Gasteiger partial charge < -0.3 is 0 Å². The Balaban J connectivity index is 3.37. The number of halogens is 1. The molecule has 0 aliphatic carbocycles. The van der Waals surface area contributed by atoms with Gasteiger partial charge in [0.25, 0.3) is 4.69 Å². The first-order chi connectivity index (χ1) is 4.27. The van der Waals surface area contributed by atoms with Gasteiger partial charge in [0.05, 0.1) is 0 Å². The Morgan fingerprint density at radius 3 is 2.89 bits per heavy atom. The Kier molecular flexibility index (Phi) is 5.24. The molecule has 9 heavy (non-hydrogen) atoms. The van der Waals surface area contributed by atoms with E-state index in [2.05, 4.69) is 34.3 Å². The van der Waals surface area contributed by atoms with Crippen LogP contribution >= 0.6 is 15.9 Å². The maximum absolute atomic E-state index is 10.1. The maximum Gasteiger partial charge on any atom is 0.270 e. The van der Waals surface area contributed by atoms with Crippen LogP contribution in [0.4, 0.5) is 0 Å².